The molecule has 86 heavy (non-hydrogen) atoms. The zero-order valence-corrected chi connectivity index (χ0v) is 49.2. The van der Waals surface area contributed by atoms with Gasteiger partial charge in [-0.05, 0) is 149 Å². The molecular formula is C64H75ClO21. The van der Waals surface area contributed by atoms with Gasteiger partial charge in [-0.25, -0.2) is 0 Å². The Kier molecular flexibility index (Phi) is 41.1. The minimum atomic E-state index is -0.387. The van der Waals surface area contributed by atoms with Crippen molar-refractivity contribution in [3.63, 3.8) is 0 Å². The van der Waals surface area contributed by atoms with Crippen LogP contribution in [0.15, 0.2) is 133 Å². The van der Waals surface area contributed by atoms with Gasteiger partial charge in [0.1, 0.15) is 43.4 Å². The first kappa shape index (κ1) is 77.3. The predicted molar refractivity (Wildman–Crippen MR) is 325 cm³/mol. The zero-order valence-electron chi connectivity index (χ0n) is 48.4. The highest BCUT2D eigenvalue weighted by Crippen LogP contribution is 2.29. The Morgan fingerprint density at radius 2 is 0.744 bits per heavy atom. The largest absolute Gasteiger partial charge is 0.508 e. The molecule has 0 aliphatic rings. The molecule has 0 heterocycles. The second-order valence-electron chi connectivity index (χ2n) is 17.1. The molecule has 0 radical (unpaired) electrons. The number of Topliss-reactive ketones (excluding diaryl/α,β-unsaturated/α-hetero) is 1. The Labute approximate surface area is 505 Å². The van der Waals surface area contributed by atoms with Gasteiger partial charge < -0.3 is 84.3 Å². The van der Waals surface area contributed by atoms with Crippen molar-refractivity contribution in [3.8, 4) is 34.5 Å². The van der Waals surface area contributed by atoms with Crippen molar-refractivity contribution < 1.29 is 103 Å². The van der Waals surface area contributed by atoms with Crippen LogP contribution in [0.25, 0.3) is 24.3 Å². The summed E-state index contributed by atoms with van der Waals surface area (Å²) in [7, 11) is 5.53. The molecule has 0 aromatic heterocycles. The van der Waals surface area contributed by atoms with Gasteiger partial charge in [-0.1, -0.05) is 66.8 Å². The third-order valence-corrected chi connectivity index (χ3v) is 10.8. The maximum atomic E-state index is 12.2. The van der Waals surface area contributed by atoms with Gasteiger partial charge in [0.15, 0.2) is 41.4 Å². The molecule has 0 bridgehead atoms. The molecule has 0 saturated heterocycles. The van der Waals surface area contributed by atoms with Crippen LogP contribution in [-0.4, -0.2) is 130 Å². The lowest BCUT2D eigenvalue weighted by Gasteiger charge is -2.10. The second kappa shape index (κ2) is 45.7. The molecule has 0 atom stereocenters. The molecular weight excluding hydrogens is 1140 g/mol. The van der Waals surface area contributed by atoms with Crippen molar-refractivity contribution in [1.82, 2.24) is 0 Å². The highest BCUT2D eigenvalue weighted by atomic mass is 35.5. The molecule has 0 unspecified atom stereocenters. The molecule has 6 rings (SSSR count). The number of ketones is 3. The third kappa shape index (κ3) is 30.2. The number of aldehydes is 2. The number of aliphatic hydroxyl groups excluding tert-OH is 7. The highest BCUT2D eigenvalue weighted by molar-refractivity contribution is 6.05. The number of hydrogen-bond donors (Lipinski definition) is 10. The maximum Gasteiger partial charge on any atom is 0.188 e. The van der Waals surface area contributed by atoms with Crippen LogP contribution in [0.4, 0.5) is 0 Å². The molecule has 6 aromatic carbocycles. The fourth-order valence-corrected chi connectivity index (χ4v) is 6.65. The normalized spacial score (nSPS) is 10.3. The summed E-state index contributed by atoms with van der Waals surface area (Å²) in [6.45, 7) is 2.02. The quantitative estimate of drug-likeness (QED) is 0.0150. The van der Waals surface area contributed by atoms with E-state index in [1.165, 1.54) is 89.8 Å². The Bertz CT molecular complexity index is 2990. The van der Waals surface area contributed by atoms with E-state index >= 15 is 0 Å². The fraction of sp³-hybridized carbons (Fsp3) is 0.234. The summed E-state index contributed by atoms with van der Waals surface area (Å²) in [5, 5.41) is 88.5. The lowest BCUT2D eigenvalue weighted by Crippen LogP contribution is -2.00. The summed E-state index contributed by atoms with van der Waals surface area (Å²) in [6, 6.07) is 29.4. The number of rotatable bonds is 25. The Morgan fingerprint density at radius 1 is 0.419 bits per heavy atom. The number of halogens is 1. The number of aromatic hydroxyl groups is 3. The summed E-state index contributed by atoms with van der Waals surface area (Å²) < 4.78 is 30.3. The van der Waals surface area contributed by atoms with E-state index in [9.17, 15) is 39.3 Å². The molecule has 0 saturated carbocycles. The van der Waals surface area contributed by atoms with Crippen molar-refractivity contribution in [2.75, 3.05) is 48.8 Å². The fourth-order valence-electron chi connectivity index (χ4n) is 6.65. The second-order valence-corrected chi connectivity index (χ2v) is 17.1. The summed E-state index contributed by atoms with van der Waals surface area (Å²) in [6.07, 6.45) is 13.6. The van der Waals surface area contributed by atoms with Crippen LogP contribution in [0.5, 0.6) is 34.5 Å². The van der Waals surface area contributed by atoms with Gasteiger partial charge in [0.25, 0.3) is 0 Å². The van der Waals surface area contributed by atoms with Crippen LogP contribution in [0.3, 0.4) is 0 Å². The average molecular weight is 1220 g/mol. The van der Waals surface area contributed by atoms with Gasteiger partial charge >= 0.3 is 0 Å². The van der Waals surface area contributed by atoms with E-state index in [2.05, 4.69) is 0 Å². The van der Waals surface area contributed by atoms with Crippen LogP contribution in [0, 0.1) is 0 Å². The van der Waals surface area contributed by atoms with Gasteiger partial charge in [-0.3, -0.25) is 19.2 Å². The molecule has 0 fully saturated rings. The predicted octanol–water partition coefficient (Wildman–Crippen LogP) is 7.61. The molecule has 0 aliphatic heterocycles. The monoisotopic (exact) mass is 1210 g/mol. The lowest BCUT2D eigenvalue weighted by atomic mass is 10.0. The van der Waals surface area contributed by atoms with E-state index in [1.807, 2.05) is 12.1 Å². The molecule has 0 amide bonds. The van der Waals surface area contributed by atoms with Crippen LogP contribution in [0.2, 0.25) is 0 Å². The number of aliphatic hydroxyl groups is 7. The van der Waals surface area contributed by atoms with Crippen LogP contribution >= 0.6 is 12.4 Å². The first-order chi connectivity index (χ1) is 41.0. The van der Waals surface area contributed by atoms with Crippen LogP contribution in [-0.2, 0) is 68.2 Å². The standard InChI is InChI=1S/C23H26O7.C19H18O5.C10H12O4.C8H8O3.C3H6O.CH4O.ClH/c1-27-16-30-22-10-6-18(12-23(22)28-2)5-9-21(26)8-4-17-3-7-19(14-29-15-25)20(11-17)13-24;1-24-19-11-14(5-9-18(19)23)3-7-16(21)6-2-13-4-8-17(22)15(10-13)12-20;11-4-8-1-2-9(6-14-7-13)10(3-8)5-12;9-4-6-1-2-8(11)7(3-6)5-10;1-3(2)4;1-2;/h3-12,24-25H,13-16H2,1-2H3;2-11,20,22-23H,12H2,1H3;1-4,12-13H,5-7H2;1-4,10-11H,5H2;1-2H3;2H,1H3;1H/b8-4+,9-5+;6-2+,7-3+;;;;;. The number of ether oxygens (including phenoxy) is 6. The summed E-state index contributed by atoms with van der Waals surface area (Å²) >= 11 is 0. The number of phenols is 3. The number of hydrogen-bond acceptors (Lipinski definition) is 21. The first-order valence-electron chi connectivity index (χ1n) is 25.4. The van der Waals surface area contributed by atoms with Gasteiger partial charge in [0.2, 0.25) is 0 Å². The first-order valence-corrected chi connectivity index (χ1v) is 25.4. The van der Waals surface area contributed by atoms with E-state index < -0.39 is 0 Å². The Balaban J connectivity index is 0.00000114. The number of benzene rings is 6. The molecule has 22 heteroatoms. The molecule has 464 valence electrons. The van der Waals surface area contributed by atoms with Crippen molar-refractivity contribution in [1.29, 1.82) is 0 Å². The summed E-state index contributed by atoms with van der Waals surface area (Å²) in [5.74, 6) is 1.25. The smallest absolute Gasteiger partial charge is 0.188 e. The summed E-state index contributed by atoms with van der Waals surface area (Å²) in [4.78, 5) is 54.2. The zero-order chi connectivity index (χ0) is 63.5. The van der Waals surface area contributed by atoms with Gasteiger partial charge in [-0.2, -0.15) is 0 Å². The third-order valence-electron chi connectivity index (χ3n) is 10.8. The summed E-state index contributed by atoms with van der Waals surface area (Å²) in [5.41, 5.74) is 7.58. The van der Waals surface area contributed by atoms with Crippen LogP contribution in [0.1, 0.15) is 90.2 Å². The van der Waals surface area contributed by atoms with Crippen molar-refractivity contribution >= 4 is 66.6 Å². The Hall–Kier alpha value is -8.68. The molecule has 6 aromatic rings. The lowest BCUT2D eigenvalue weighted by molar-refractivity contribution is -0.115. The van der Waals surface area contributed by atoms with Gasteiger partial charge in [0.05, 0.1) is 53.9 Å². The number of carbonyl (C=O) groups is 5. The van der Waals surface area contributed by atoms with Crippen LogP contribution < -0.4 is 14.2 Å². The van der Waals surface area contributed by atoms with E-state index in [1.54, 1.807) is 91.0 Å². The van der Waals surface area contributed by atoms with E-state index in [-0.39, 0.29) is 107 Å². The van der Waals surface area contributed by atoms with Gasteiger partial charge in [-0.15, -0.1) is 12.4 Å². The minimum absolute atomic E-state index is 0. The van der Waals surface area contributed by atoms with E-state index in [0.29, 0.717) is 62.5 Å². The SMILES string of the molecule is CC(C)=O.CO.COCOc1ccc(/C=C/C(=O)/C=C/c2ccc(COCO)c(CO)c2)cc1OC.COc1cc(/C=C/C(=O)/C=C/c2ccc(O)c(CO)c2)ccc1O.Cl.O=Cc1ccc(COCO)c(CO)c1.O=Cc1ccc(O)c(CO)c1. The molecule has 10 N–H and O–H groups in total. The molecule has 0 spiro atoms. The topological polar surface area (TPSA) is 343 Å². The number of carbonyl (C=O) groups excluding carboxylic acids is 5. The number of phenolic OH excluding ortho intramolecular Hbond substituents is 1. The average Bonchev–Trinajstić information content (AvgIpc) is 3.61. The van der Waals surface area contributed by atoms with Crippen molar-refractivity contribution in [2.45, 2.75) is 53.5 Å². The number of methoxy groups -OCH3 is 3. The maximum absolute atomic E-state index is 12.2. The molecule has 21 nitrogen and oxygen atoms in total. The van der Waals surface area contributed by atoms with E-state index in [4.69, 9.17) is 64.2 Å². The minimum Gasteiger partial charge on any atom is -0.508 e. The van der Waals surface area contributed by atoms with E-state index in [0.717, 1.165) is 41.2 Å². The molecule has 0 aliphatic carbocycles. The van der Waals surface area contributed by atoms with Gasteiger partial charge in [0, 0.05) is 36.5 Å². The number of allylic oxidation sites excluding steroid dienone is 4. The van der Waals surface area contributed by atoms with Crippen molar-refractivity contribution in [2.24, 2.45) is 0 Å². The van der Waals surface area contributed by atoms with Crippen molar-refractivity contribution in [3.05, 3.63) is 200 Å². The highest BCUT2D eigenvalue weighted by Gasteiger charge is 2.08. The Morgan fingerprint density at radius 3 is 1.13 bits per heavy atom.